The van der Waals surface area contributed by atoms with Crippen molar-refractivity contribution in [1.29, 1.82) is 0 Å². The maximum atomic E-state index is 12.7. The molecule has 372 valence electrons. The molecule has 0 aliphatic rings. The number of allylic oxidation sites excluding steroid dienone is 8. The summed E-state index contributed by atoms with van der Waals surface area (Å²) >= 11 is 0. The Kier molecular flexibility index (Phi) is 50.8. The van der Waals surface area contributed by atoms with E-state index in [-0.39, 0.29) is 37.5 Å². The van der Waals surface area contributed by atoms with Crippen molar-refractivity contribution in [3.8, 4) is 0 Å². The van der Waals surface area contributed by atoms with E-state index < -0.39 is 6.10 Å². The molecule has 1 unspecified atom stereocenters. The molecular weight excluding hydrogens is 793 g/mol. The van der Waals surface area contributed by atoms with E-state index in [4.69, 9.17) is 14.2 Å². The first-order chi connectivity index (χ1) is 31.5. The minimum atomic E-state index is -0.806. The zero-order chi connectivity index (χ0) is 46.5. The van der Waals surface area contributed by atoms with Crippen molar-refractivity contribution in [2.24, 2.45) is 0 Å². The molecule has 0 rings (SSSR count). The second-order valence-corrected chi connectivity index (χ2v) is 18.5. The molecule has 0 radical (unpaired) electrons. The van der Waals surface area contributed by atoms with Gasteiger partial charge in [-0.1, -0.05) is 268 Å². The predicted molar refractivity (Wildman–Crippen MR) is 275 cm³/mol. The quantitative estimate of drug-likeness (QED) is 0.0262. The molecule has 0 N–H and O–H groups in total. The highest BCUT2D eigenvalue weighted by Crippen LogP contribution is 2.17. The van der Waals surface area contributed by atoms with E-state index in [0.29, 0.717) is 19.3 Å². The summed E-state index contributed by atoms with van der Waals surface area (Å²) in [6, 6.07) is 0. The van der Waals surface area contributed by atoms with Gasteiger partial charge in [0.25, 0.3) is 0 Å². The lowest BCUT2D eigenvalue weighted by Gasteiger charge is -2.18. The Labute approximate surface area is 397 Å². The average molecular weight is 897 g/mol. The number of hydrogen-bond donors (Lipinski definition) is 0. The number of rotatable bonds is 50. The van der Waals surface area contributed by atoms with Crippen LogP contribution < -0.4 is 0 Å². The number of carbonyl (C=O) groups is 3. The first-order valence-electron chi connectivity index (χ1n) is 27.6. The number of unbranched alkanes of at least 4 members (excludes halogenated alkanes) is 31. The topological polar surface area (TPSA) is 78.9 Å². The first-order valence-corrected chi connectivity index (χ1v) is 27.6. The van der Waals surface area contributed by atoms with E-state index >= 15 is 0 Å². The van der Waals surface area contributed by atoms with Gasteiger partial charge in [0.2, 0.25) is 0 Å². The molecule has 1 atom stereocenters. The van der Waals surface area contributed by atoms with Crippen LogP contribution in [0.4, 0.5) is 0 Å². The standard InChI is InChI=1S/C58H104O6/c1-4-7-10-13-16-19-22-24-25-26-27-28-29-30-31-32-33-35-36-39-42-45-48-51-57(60)63-54-55(53-62-56(59)50-47-44-41-38-21-18-15-12-9-6-3)64-58(61)52-49-46-43-40-37-34-23-20-17-14-11-8-5-2/h8,11,17,20,34,37,43,46,55H,4-7,9-10,12-16,18-19,21-33,35-36,38-42,44-45,47-54H2,1-3H3/b11-8-,20-17-,37-34-,46-43-. The maximum Gasteiger partial charge on any atom is 0.306 e. The van der Waals surface area contributed by atoms with Crippen LogP contribution in [-0.2, 0) is 28.6 Å². The van der Waals surface area contributed by atoms with E-state index in [2.05, 4.69) is 63.3 Å². The van der Waals surface area contributed by atoms with Gasteiger partial charge in [-0.05, 0) is 44.9 Å². The fourth-order valence-electron chi connectivity index (χ4n) is 7.99. The van der Waals surface area contributed by atoms with Crippen LogP contribution in [0.15, 0.2) is 48.6 Å². The minimum absolute atomic E-state index is 0.0978. The van der Waals surface area contributed by atoms with Crippen LogP contribution >= 0.6 is 0 Å². The van der Waals surface area contributed by atoms with Crippen LogP contribution in [0.1, 0.15) is 284 Å². The average Bonchev–Trinajstić information content (AvgIpc) is 3.29. The Morgan fingerprint density at radius 2 is 0.609 bits per heavy atom. The van der Waals surface area contributed by atoms with E-state index in [1.807, 2.05) is 6.08 Å². The van der Waals surface area contributed by atoms with Crippen LogP contribution in [0.5, 0.6) is 0 Å². The largest absolute Gasteiger partial charge is 0.462 e. The van der Waals surface area contributed by atoms with Crippen LogP contribution in [-0.4, -0.2) is 37.2 Å². The van der Waals surface area contributed by atoms with Gasteiger partial charge in [0, 0.05) is 19.3 Å². The summed E-state index contributed by atoms with van der Waals surface area (Å²) in [4.78, 5) is 37.9. The Hall–Kier alpha value is -2.63. The van der Waals surface area contributed by atoms with Crippen molar-refractivity contribution in [3.05, 3.63) is 48.6 Å². The van der Waals surface area contributed by atoms with Crippen molar-refractivity contribution in [1.82, 2.24) is 0 Å². The third-order valence-electron chi connectivity index (χ3n) is 12.1. The van der Waals surface area contributed by atoms with Gasteiger partial charge in [0.1, 0.15) is 13.2 Å². The Balaban J connectivity index is 4.24. The van der Waals surface area contributed by atoms with E-state index in [0.717, 1.165) is 64.2 Å². The highest BCUT2D eigenvalue weighted by atomic mass is 16.6. The molecule has 0 spiro atoms. The fraction of sp³-hybridized carbons (Fsp3) is 0.810. The molecule has 0 amide bonds. The molecule has 0 aliphatic heterocycles. The van der Waals surface area contributed by atoms with Gasteiger partial charge in [-0.25, -0.2) is 0 Å². The van der Waals surface area contributed by atoms with Crippen LogP contribution in [0.25, 0.3) is 0 Å². The molecule has 0 saturated carbocycles. The van der Waals surface area contributed by atoms with Crippen molar-refractivity contribution in [2.75, 3.05) is 13.2 Å². The Morgan fingerprint density at radius 1 is 0.328 bits per heavy atom. The Morgan fingerprint density at radius 3 is 0.922 bits per heavy atom. The molecule has 0 fully saturated rings. The molecular formula is C58H104O6. The normalized spacial score (nSPS) is 12.4. The Bertz CT molecular complexity index is 1120. The maximum absolute atomic E-state index is 12.7. The predicted octanol–water partition coefficient (Wildman–Crippen LogP) is 18.3. The highest BCUT2D eigenvalue weighted by molar-refractivity contribution is 5.71. The summed E-state index contributed by atoms with van der Waals surface area (Å²) < 4.78 is 16.7. The van der Waals surface area contributed by atoms with Gasteiger partial charge in [0.15, 0.2) is 6.10 Å². The summed E-state index contributed by atoms with van der Waals surface area (Å²) in [7, 11) is 0. The van der Waals surface area contributed by atoms with Crippen LogP contribution in [0.2, 0.25) is 0 Å². The summed E-state index contributed by atoms with van der Waals surface area (Å²) in [5, 5.41) is 0. The van der Waals surface area contributed by atoms with Gasteiger partial charge >= 0.3 is 17.9 Å². The summed E-state index contributed by atoms with van der Waals surface area (Å²) in [6.45, 7) is 6.48. The second kappa shape index (κ2) is 53.0. The summed E-state index contributed by atoms with van der Waals surface area (Å²) in [5.74, 6) is -0.970. The monoisotopic (exact) mass is 897 g/mol. The first kappa shape index (κ1) is 61.4. The molecule has 0 aromatic carbocycles. The minimum Gasteiger partial charge on any atom is -0.462 e. The lowest BCUT2D eigenvalue weighted by Crippen LogP contribution is -2.30. The zero-order valence-electron chi connectivity index (χ0n) is 42.6. The SMILES string of the molecule is CC/C=C\C/C=C\C/C=C\C/C=C\CCC(=O)OC(COC(=O)CCCCCCCCCCCC)COC(=O)CCCCCCCCCCCCCCCCCCCCCCCCC. The van der Waals surface area contributed by atoms with Gasteiger partial charge in [-0.2, -0.15) is 0 Å². The van der Waals surface area contributed by atoms with Gasteiger partial charge < -0.3 is 14.2 Å². The fourth-order valence-corrected chi connectivity index (χ4v) is 7.99. The van der Waals surface area contributed by atoms with Crippen molar-refractivity contribution >= 4 is 17.9 Å². The molecule has 0 saturated heterocycles. The van der Waals surface area contributed by atoms with Crippen molar-refractivity contribution < 1.29 is 28.6 Å². The molecule has 6 heteroatoms. The van der Waals surface area contributed by atoms with E-state index in [9.17, 15) is 14.4 Å². The molecule has 0 aromatic heterocycles. The van der Waals surface area contributed by atoms with Gasteiger partial charge in [-0.15, -0.1) is 0 Å². The smallest absolute Gasteiger partial charge is 0.306 e. The van der Waals surface area contributed by atoms with Crippen molar-refractivity contribution in [3.63, 3.8) is 0 Å². The third-order valence-corrected chi connectivity index (χ3v) is 12.1. The third kappa shape index (κ3) is 50.4. The van der Waals surface area contributed by atoms with Gasteiger partial charge in [-0.3, -0.25) is 14.4 Å². The summed E-state index contributed by atoms with van der Waals surface area (Å²) in [6.07, 6.45) is 64.2. The van der Waals surface area contributed by atoms with Gasteiger partial charge in [0.05, 0.1) is 0 Å². The van der Waals surface area contributed by atoms with E-state index in [1.165, 1.54) is 173 Å². The molecule has 0 aliphatic carbocycles. The lowest BCUT2D eigenvalue weighted by atomic mass is 10.0. The number of ether oxygens (including phenoxy) is 3. The summed E-state index contributed by atoms with van der Waals surface area (Å²) in [5.41, 5.74) is 0. The highest BCUT2D eigenvalue weighted by Gasteiger charge is 2.19. The van der Waals surface area contributed by atoms with Crippen LogP contribution in [0, 0.1) is 0 Å². The van der Waals surface area contributed by atoms with Crippen molar-refractivity contribution in [2.45, 2.75) is 290 Å². The molecule has 0 aromatic rings. The molecule has 64 heavy (non-hydrogen) atoms. The number of hydrogen-bond acceptors (Lipinski definition) is 6. The molecule has 6 nitrogen and oxygen atoms in total. The zero-order valence-corrected chi connectivity index (χ0v) is 42.6. The van der Waals surface area contributed by atoms with E-state index in [1.54, 1.807) is 0 Å². The molecule has 0 heterocycles. The number of carbonyl (C=O) groups excluding carboxylic acids is 3. The van der Waals surface area contributed by atoms with Crippen LogP contribution in [0.3, 0.4) is 0 Å². The lowest BCUT2D eigenvalue weighted by molar-refractivity contribution is -0.166. The second-order valence-electron chi connectivity index (χ2n) is 18.5. The molecule has 0 bridgehead atoms. The number of esters is 3.